The third-order valence-corrected chi connectivity index (χ3v) is 3.12. The molecule has 6 heteroatoms. The molecule has 1 heterocycles. The fourth-order valence-corrected chi connectivity index (χ4v) is 2.08. The number of ether oxygens (including phenoxy) is 1. The Labute approximate surface area is 107 Å². The summed E-state index contributed by atoms with van der Waals surface area (Å²) in [4.78, 5) is 13.4. The van der Waals surface area contributed by atoms with Crippen molar-refractivity contribution in [1.29, 1.82) is 0 Å². The Kier molecular flexibility index (Phi) is 7.12. The molecule has 1 amide bonds. The zero-order valence-electron chi connectivity index (χ0n) is 10.8. The summed E-state index contributed by atoms with van der Waals surface area (Å²) in [6.45, 7) is 2.23. The van der Waals surface area contributed by atoms with Gasteiger partial charge in [-0.15, -0.1) is 0 Å². The van der Waals surface area contributed by atoms with E-state index in [0.717, 1.165) is 32.5 Å². The maximum Gasteiger partial charge on any atom is 0.261 e. The summed E-state index contributed by atoms with van der Waals surface area (Å²) in [5.41, 5.74) is 0. The first-order chi connectivity index (χ1) is 8.59. The van der Waals surface area contributed by atoms with E-state index in [9.17, 15) is 13.6 Å². The highest BCUT2D eigenvalue weighted by atomic mass is 19.3. The van der Waals surface area contributed by atoms with Crippen molar-refractivity contribution in [2.24, 2.45) is 5.92 Å². The van der Waals surface area contributed by atoms with Crippen molar-refractivity contribution < 1.29 is 18.3 Å². The second kappa shape index (κ2) is 8.37. The first-order valence-corrected chi connectivity index (χ1v) is 6.40. The average molecular weight is 264 g/mol. The van der Waals surface area contributed by atoms with Crippen LogP contribution in [0.15, 0.2) is 0 Å². The molecule has 0 radical (unpaired) electrons. The highest BCUT2D eigenvalue weighted by Gasteiger charge is 2.17. The Morgan fingerprint density at radius 3 is 2.72 bits per heavy atom. The van der Waals surface area contributed by atoms with Crippen molar-refractivity contribution in [1.82, 2.24) is 10.2 Å². The zero-order valence-corrected chi connectivity index (χ0v) is 10.8. The van der Waals surface area contributed by atoms with Crippen LogP contribution in [0.25, 0.3) is 0 Å². The molecular weight excluding hydrogens is 242 g/mol. The molecule has 0 saturated carbocycles. The lowest BCUT2D eigenvalue weighted by atomic mass is 9.97. The minimum absolute atomic E-state index is 0.0391. The molecule has 0 bridgehead atoms. The average Bonchev–Trinajstić information content (AvgIpc) is 2.35. The van der Waals surface area contributed by atoms with Crippen LogP contribution in [-0.2, 0) is 9.53 Å². The second-order valence-electron chi connectivity index (χ2n) is 4.68. The summed E-state index contributed by atoms with van der Waals surface area (Å²) in [5.74, 6) is 0.505. The molecule has 1 N–H and O–H groups in total. The molecule has 0 atom stereocenters. The Balaban J connectivity index is 2.11. The van der Waals surface area contributed by atoms with E-state index < -0.39 is 13.0 Å². The molecule has 1 fully saturated rings. The van der Waals surface area contributed by atoms with Gasteiger partial charge in [-0.2, -0.15) is 0 Å². The molecule has 18 heavy (non-hydrogen) atoms. The van der Waals surface area contributed by atoms with Gasteiger partial charge in [-0.25, -0.2) is 8.78 Å². The van der Waals surface area contributed by atoms with Gasteiger partial charge < -0.3 is 15.0 Å². The van der Waals surface area contributed by atoms with Crippen LogP contribution in [0.5, 0.6) is 0 Å². The second-order valence-corrected chi connectivity index (χ2v) is 4.68. The largest absolute Gasteiger partial charge is 0.375 e. The Morgan fingerprint density at radius 1 is 1.44 bits per heavy atom. The van der Waals surface area contributed by atoms with Crippen molar-refractivity contribution in [3.8, 4) is 0 Å². The number of nitrogens with one attached hydrogen (secondary N) is 1. The highest BCUT2D eigenvalue weighted by molar-refractivity contribution is 5.75. The molecule has 1 aliphatic heterocycles. The summed E-state index contributed by atoms with van der Waals surface area (Å²) in [6, 6.07) is 0. The SMILES string of the molecule is CN(CC1CCNCC1)C(=O)CCOCC(F)F. The highest BCUT2D eigenvalue weighted by Crippen LogP contribution is 2.13. The monoisotopic (exact) mass is 264 g/mol. The third-order valence-electron chi connectivity index (χ3n) is 3.12. The van der Waals surface area contributed by atoms with Gasteiger partial charge in [0.1, 0.15) is 6.61 Å². The Hall–Kier alpha value is -0.750. The molecule has 0 aromatic heterocycles. The van der Waals surface area contributed by atoms with E-state index in [0.29, 0.717) is 5.92 Å². The van der Waals surface area contributed by atoms with E-state index in [1.54, 1.807) is 11.9 Å². The number of rotatable bonds is 7. The van der Waals surface area contributed by atoms with E-state index in [2.05, 4.69) is 5.32 Å². The molecule has 0 aromatic rings. The minimum atomic E-state index is -2.47. The van der Waals surface area contributed by atoms with Crippen molar-refractivity contribution in [3.63, 3.8) is 0 Å². The van der Waals surface area contributed by atoms with E-state index in [-0.39, 0.29) is 18.9 Å². The summed E-state index contributed by atoms with van der Waals surface area (Å²) in [7, 11) is 1.76. The van der Waals surface area contributed by atoms with Crippen LogP contribution >= 0.6 is 0 Å². The lowest BCUT2D eigenvalue weighted by Gasteiger charge is -2.27. The molecule has 0 spiro atoms. The number of halogens is 2. The molecule has 4 nitrogen and oxygen atoms in total. The van der Waals surface area contributed by atoms with Crippen LogP contribution in [0, 0.1) is 5.92 Å². The number of piperidine rings is 1. The zero-order chi connectivity index (χ0) is 13.4. The smallest absolute Gasteiger partial charge is 0.261 e. The Bertz CT molecular complexity index is 246. The maximum absolute atomic E-state index is 11.8. The maximum atomic E-state index is 11.8. The predicted molar refractivity (Wildman–Crippen MR) is 64.7 cm³/mol. The number of carbonyl (C=O) groups is 1. The molecule has 0 aliphatic carbocycles. The number of carbonyl (C=O) groups excluding carboxylic acids is 1. The minimum Gasteiger partial charge on any atom is -0.375 e. The Morgan fingerprint density at radius 2 is 2.11 bits per heavy atom. The molecule has 1 rings (SSSR count). The number of hydrogen-bond donors (Lipinski definition) is 1. The van der Waals surface area contributed by atoms with E-state index in [1.807, 2.05) is 0 Å². The first kappa shape index (κ1) is 15.3. The molecule has 0 aromatic carbocycles. The van der Waals surface area contributed by atoms with E-state index >= 15 is 0 Å². The van der Waals surface area contributed by atoms with Crippen molar-refractivity contribution in [2.45, 2.75) is 25.7 Å². The van der Waals surface area contributed by atoms with Crippen molar-refractivity contribution in [3.05, 3.63) is 0 Å². The van der Waals surface area contributed by atoms with Crippen molar-refractivity contribution in [2.75, 3.05) is 39.9 Å². The van der Waals surface area contributed by atoms with E-state index in [4.69, 9.17) is 4.74 Å². The van der Waals surface area contributed by atoms with Crippen LogP contribution in [-0.4, -0.2) is 57.1 Å². The van der Waals surface area contributed by atoms with Crippen LogP contribution in [0.2, 0.25) is 0 Å². The molecule has 106 valence electrons. The van der Waals surface area contributed by atoms with Crippen LogP contribution < -0.4 is 5.32 Å². The molecule has 0 unspecified atom stereocenters. The fraction of sp³-hybridized carbons (Fsp3) is 0.917. The number of hydrogen-bond acceptors (Lipinski definition) is 3. The van der Waals surface area contributed by atoms with Crippen LogP contribution in [0.1, 0.15) is 19.3 Å². The van der Waals surface area contributed by atoms with Gasteiger partial charge in [-0.05, 0) is 31.8 Å². The summed E-state index contributed by atoms with van der Waals surface area (Å²) in [6.07, 6.45) is -0.125. The molecular formula is C12H22F2N2O2. The van der Waals surface area contributed by atoms with Gasteiger partial charge in [0.05, 0.1) is 13.0 Å². The van der Waals surface area contributed by atoms with E-state index in [1.165, 1.54) is 0 Å². The van der Waals surface area contributed by atoms with Gasteiger partial charge in [0.2, 0.25) is 5.91 Å². The lowest BCUT2D eigenvalue weighted by Crippen LogP contribution is -2.37. The quantitative estimate of drug-likeness (QED) is 0.701. The van der Waals surface area contributed by atoms with Crippen LogP contribution in [0.4, 0.5) is 8.78 Å². The third kappa shape index (κ3) is 6.26. The van der Waals surface area contributed by atoms with Gasteiger partial charge in [-0.3, -0.25) is 4.79 Å². The summed E-state index contributed by atoms with van der Waals surface area (Å²) >= 11 is 0. The van der Waals surface area contributed by atoms with Gasteiger partial charge in [0.25, 0.3) is 6.43 Å². The first-order valence-electron chi connectivity index (χ1n) is 6.40. The standard InChI is InChI=1S/C12H22F2N2O2/c1-16(8-10-2-5-15-6-3-10)12(17)4-7-18-9-11(13)14/h10-11,15H,2-9H2,1H3. The lowest BCUT2D eigenvalue weighted by molar-refractivity contribution is -0.132. The van der Waals surface area contributed by atoms with Gasteiger partial charge in [-0.1, -0.05) is 0 Å². The van der Waals surface area contributed by atoms with Crippen LogP contribution in [0.3, 0.4) is 0 Å². The summed E-state index contributed by atoms with van der Waals surface area (Å²) in [5, 5.41) is 3.28. The molecule has 1 saturated heterocycles. The normalized spacial score (nSPS) is 17.1. The number of amides is 1. The van der Waals surface area contributed by atoms with Gasteiger partial charge in [0.15, 0.2) is 0 Å². The van der Waals surface area contributed by atoms with Gasteiger partial charge >= 0.3 is 0 Å². The molecule has 1 aliphatic rings. The number of alkyl halides is 2. The summed E-state index contributed by atoms with van der Waals surface area (Å²) < 4.78 is 28.3. The fourth-order valence-electron chi connectivity index (χ4n) is 2.08. The van der Waals surface area contributed by atoms with Gasteiger partial charge in [0, 0.05) is 13.6 Å². The topological polar surface area (TPSA) is 41.6 Å². The number of nitrogens with zero attached hydrogens (tertiary/aromatic N) is 1. The van der Waals surface area contributed by atoms with Crippen molar-refractivity contribution >= 4 is 5.91 Å². The predicted octanol–water partition coefficient (Wildman–Crippen LogP) is 1.12.